The minimum Gasteiger partial charge on any atom is -0.496 e. The average Bonchev–Trinajstić information content (AvgIpc) is 3.88. The number of piperidine rings is 1. The molecule has 3 fully saturated rings. The summed E-state index contributed by atoms with van der Waals surface area (Å²) in [5.41, 5.74) is 10.3. The molecule has 57 heavy (non-hydrogen) atoms. The highest BCUT2D eigenvalue weighted by molar-refractivity contribution is 5.94. The summed E-state index contributed by atoms with van der Waals surface area (Å²) in [5, 5.41) is 42.0. The Bertz CT molecular complexity index is 2190. The summed E-state index contributed by atoms with van der Waals surface area (Å²) in [6.07, 6.45) is 6.06. The first-order valence-electron chi connectivity index (χ1n) is 20.5. The van der Waals surface area contributed by atoms with Crippen molar-refractivity contribution < 1.29 is 34.3 Å². The largest absolute Gasteiger partial charge is 0.496 e. The molecule has 6 unspecified atom stereocenters. The van der Waals surface area contributed by atoms with Crippen molar-refractivity contribution in [3.8, 4) is 5.75 Å². The minimum absolute atomic E-state index is 0.0751. The molecule has 1 saturated carbocycles. The highest BCUT2D eigenvalue weighted by atomic mass is 16.6. The number of nitrogens with one attached hydrogen (secondary N) is 1. The van der Waals surface area contributed by atoms with Gasteiger partial charge in [-0.25, -0.2) is 0 Å². The molecule has 9 rings (SSSR count). The average molecular weight is 782 g/mol. The van der Waals surface area contributed by atoms with Crippen molar-refractivity contribution in [3.63, 3.8) is 0 Å². The lowest BCUT2D eigenvalue weighted by Gasteiger charge is -2.63. The molecule has 10 atom stereocenters. The van der Waals surface area contributed by atoms with Crippen LogP contribution in [0.15, 0.2) is 53.7 Å². The molecule has 4 N–H and O–H groups in total. The van der Waals surface area contributed by atoms with Gasteiger partial charge in [0.15, 0.2) is 0 Å². The monoisotopic (exact) mass is 781 g/mol. The number of para-hydroxylation sites is 1. The molecule has 2 bridgehead atoms. The van der Waals surface area contributed by atoms with Crippen molar-refractivity contribution in [2.24, 2.45) is 16.4 Å². The molecule has 304 valence electrons. The quantitative estimate of drug-likeness (QED) is 0.0636. The van der Waals surface area contributed by atoms with Gasteiger partial charge in [0, 0.05) is 88.9 Å². The van der Waals surface area contributed by atoms with Crippen molar-refractivity contribution in [2.75, 3.05) is 65.6 Å². The lowest BCUT2D eigenvalue weighted by atomic mass is 9.50. The number of carbonyl (C=O) groups is 1. The molecule has 6 aliphatic rings. The number of hydrogen-bond acceptors (Lipinski definition) is 11. The van der Waals surface area contributed by atoms with Gasteiger partial charge in [0.25, 0.3) is 0 Å². The van der Waals surface area contributed by atoms with Crippen LogP contribution >= 0.6 is 0 Å². The number of rotatable bonds is 8. The Labute approximate surface area is 333 Å². The first-order valence-corrected chi connectivity index (χ1v) is 20.5. The van der Waals surface area contributed by atoms with E-state index in [0.717, 1.165) is 46.5 Å². The van der Waals surface area contributed by atoms with Crippen molar-refractivity contribution in [1.29, 1.82) is 0 Å². The van der Waals surface area contributed by atoms with E-state index in [9.17, 15) is 20.9 Å². The number of aromatic nitrogens is 1. The Hall–Kier alpha value is -4.14. The van der Waals surface area contributed by atoms with Crippen molar-refractivity contribution >= 4 is 22.6 Å². The van der Waals surface area contributed by atoms with Crippen LogP contribution in [0.2, 0.25) is 0 Å². The van der Waals surface area contributed by atoms with Gasteiger partial charge < -0.3 is 39.4 Å². The first kappa shape index (κ1) is 38.4. The maximum atomic E-state index is 15.3. The summed E-state index contributed by atoms with van der Waals surface area (Å²) >= 11 is 0. The maximum absolute atomic E-state index is 15.3. The van der Waals surface area contributed by atoms with Gasteiger partial charge in [-0.1, -0.05) is 49.3 Å². The van der Waals surface area contributed by atoms with Gasteiger partial charge in [0.2, 0.25) is 5.79 Å². The number of aliphatic hydroxyl groups excluding tert-OH is 1. The third-order valence-corrected chi connectivity index (χ3v) is 15.2. The molecule has 2 saturated heterocycles. The molecule has 1 aliphatic carbocycles. The molecule has 14 nitrogen and oxygen atoms in total. The molecule has 6 heterocycles. The van der Waals surface area contributed by atoms with Crippen molar-refractivity contribution in [3.05, 3.63) is 81.4 Å². The number of carbonyl (C=O) groups excluding carboxylic acids is 1. The third kappa shape index (κ3) is 5.04. The Morgan fingerprint density at radius 1 is 1.09 bits per heavy atom. The van der Waals surface area contributed by atoms with Gasteiger partial charge >= 0.3 is 5.97 Å². The number of nitrogens with zero attached hydrogens (tertiary/aromatic N) is 6. The van der Waals surface area contributed by atoms with Crippen LogP contribution in [0.25, 0.3) is 21.3 Å². The Balaban J connectivity index is 1.34. The normalized spacial score (nSPS) is 37.9. The molecule has 0 amide bonds. The number of benzene rings is 2. The predicted molar refractivity (Wildman–Crippen MR) is 214 cm³/mol. The van der Waals surface area contributed by atoms with Crippen LogP contribution in [0.4, 0.5) is 5.69 Å². The number of likely N-dealkylation sites (N-methyl/N-ethyl adjacent to an activating group) is 1. The van der Waals surface area contributed by atoms with E-state index in [2.05, 4.69) is 49.1 Å². The van der Waals surface area contributed by atoms with Crippen LogP contribution in [0, 0.1) is 11.3 Å². The van der Waals surface area contributed by atoms with Crippen LogP contribution in [0.5, 0.6) is 5.75 Å². The van der Waals surface area contributed by atoms with Gasteiger partial charge in [0.05, 0.1) is 25.9 Å². The molecule has 1 aromatic heterocycles. The molecule has 5 aliphatic heterocycles. The standard InChI is InChI=1S/C43H55N7O7/c1-6-39(53)21-26-22-42(38(52)56-5,34-28(13-17-49(23-26)24-39)27-11-8-9-12-31(27)46-34)30-19-29-32(20-33(30)55-4)48(3)36-41(29)15-18-50-16-10-14-40(7-2,35(41)50)37(51)43(36,54)57-25-45-47-44/h8-12,14,19-20,26,35-37,46,51,53-54H,6-7,13,15-18,21-25H2,1-5H3/t26?,35?,36?,37-,39+,40-,41?,42?,43-/m1/s1. The Morgan fingerprint density at radius 3 is 2.63 bits per heavy atom. The minimum atomic E-state index is -2.15. The number of anilines is 1. The highest BCUT2D eigenvalue weighted by Gasteiger charge is 2.77. The summed E-state index contributed by atoms with van der Waals surface area (Å²) in [6, 6.07) is 11.2. The number of fused-ring (bicyclic) bond motifs is 6. The molecule has 2 aromatic carbocycles. The molecule has 3 aromatic rings. The van der Waals surface area contributed by atoms with Gasteiger partial charge in [-0.3, -0.25) is 14.6 Å². The second-order valence-corrected chi connectivity index (χ2v) is 17.6. The van der Waals surface area contributed by atoms with E-state index in [1.54, 1.807) is 7.11 Å². The van der Waals surface area contributed by atoms with E-state index in [4.69, 9.17) is 14.2 Å². The topological polar surface area (TPSA) is 180 Å². The third-order valence-electron chi connectivity index (χ3n) is 15.2. The number of aromatic amines is 1. The fourth-order valence-corrected chi connectivity index (χ4v) is 13.0. The number of hydrogen-bond donors (Lipinski definition) is 4. The zero-order valence-corrected chi connectivity index (χ0v) is 33.6. The summed E-state index contributed by atoms with van der Waals surface area (Å²) in [5.74, 6) is -2.16. The van der Waals surface area contributed by atoms with Gasteiger partial charge in [-0.2, -0.15) is 0 Å². The maximum Gasteiger partial charge on any atom is 0.322 e. The first-order chi connectivity index (χ1) is 27.4. The molecule has 14 heteroatoms. The Morgan fingerprint density at radius 2 is 1.89 bits per heavy atom. The molecular formula is C43H55N7O7. The summed E-state index contributed by atoms with van der Waals surface area (Å²) < 4.78 is 18.5. The van der Waals surface area contributed by atoms with Gasteiger partial charge in [-0.15, -0.1) is 0 Å². The molecule has 0 radical (unpaired) electrons. The van der Waals surface area contributed by atoms with E-state index >= 15 is 4.79 Å². The fourth-order valence-electron chi connectivity index (χ4n) is 13.0. The summed E-state index contributed by atoms with van der Waals surface area (Å²) in [6.45, 7) is 7.01. The van der Waals surface area contributed by atoms with Crippen LogP contribution in [-0.2, 0) is 31.5 Å². The van der Waals surface area contributed by atoms with Crippen molar-refractivity contribution in [1.82, 2.24) is 14.8 Å². The highest BCUT2D eigenvalue weighted by Crippen LogP contribution is 2.67. The predicted octanol–water partition coefficient (Wildman–Crippen LogP) is 4.49. The summed E-state index contributed by atoms with van der Waals surface area (Å²) in [7, 11) is 4.96. The van der Waals surface area contributed by atoms with Crippen LogP contribution in [0.1, 0.15) is 68.3 Å². The lowest BCUT2D eigenvalue weighted by molar-refractivity contribution is -0.319. The number of H-pyrrole nitrogens is 1. The van der Waals surface area contributed by atoms with E-state index in [-0.39, 0.29) is 12.0 Å². The van der Waals surface area contributed by atoms with Crippen LogP contribution < -0.4 is 9.64 Å². The van der Waals surface area contributed by atoms with E-state index in [0.29, 0.717) is 69.5 Å². The van der Waals surface area contributed by atoms with Crippen molar-refractivity contribution in [2.45, 2.75) is 92.8 Å². The molecular weight excluding hydrogens is 727 g/mol. The van der Waals surface area contributed by atoms with Gasteiger partial charge in [-0.05, 0) is 79.8 Å². The van der Waals surface area contributed by atoms with E-state index in [1.165, 1.54) is 7.11 Å². The smallest absolute Gasteiger partial charge is 0.322 e. The van der Waals surface area contributed by atoms with Crippen LogP contribution in [-0.4, -0.2) is 126 Å². The van der Waals surface area contributed by atoms with Gasteiger partial charge in [0.1, 0.15) is 24.0 Å². The van der Waals surface area contributed by atoms with Crippen LogP contribution in [0.3, 0.4) is 0 Å². The lowest BCUT2D eigenvalue weighted by Crippen LogP contribution is -2.79. The zero-order valence-electron chi connectivity index (χ0n) is 33.6. The number of azide groups is 1. The van der Waals surface area contributed by atoms with E-state index < -0.39 is 52.5 Å². The van der Waals surface area contributed by atoms with E-state index in [1.807, 2.05) is 50.1 Å². The number of ether oxygens (including phenoxy) is 3. The number of methoxy groups -OCH3 is 2. The fraction of sp³-hybridized carbons (Fsp3) is 0.605. The summed E-state index contributed by atoms with van der Waals surface area (Å²) in [4.78, 5) is 28.7. The zero-order chi connectivity index (χ0) is 40.1. The second kappa shape index (κ2) is 13.5. The molecule has 1 spiro atoms. The Kier molecular flexibility index (Phi) is 9.06. The number of esters is 1. The number of aliphatic hydroxyl groups is 3. The SMILES string of the molecule is CC[C@]1(O)CC2CN(CCc3c([nH]c4ccccc34)C(C(=O)OC)(c3cc4c(cc3OC)N(C)C3C45CCN4CC=C[C@](CC)(C45)[C@@H](O)[C@]3(O)OCN=[N+]=[N-])C2)C1. The second-order valence-electron chi connectivity index (χ2n) is 17.6.